The van der Waals surface area contributed by atoms with Crippen LogP contribution in [0.15, 0.2) is 66.7 Å². The number of nitrogens with zero attached hydrogens (tertiary/aromatic N) is 8. The molecule has 298 valence electrons. The van der Waals surface area contributed by atoms with E-state index in [0.717, 1.165) is 52.5 Å². The van der Waals surface area contributed by atoms with Gasteiger partial charge in [0.1, 0.15) is 23.2 Å². The predicted molar refractivity (Wildman–Crippen MR) is 217 cm³/mol. The number of amides is 1. The lowest BCUT2D eigenvalue weighted by Crippen LogP contribution is -2.49. The fourth-order valence-corrected chi connectivity index (χ4v) is 6.31. The molecule has 0 unspecified atom stereocenters. The van der Waals surface area contributed by atoms with Crippen molar-refractivity contribution in [3.63, 3.8) is 0 Å². The first kappa shape index (κ1) is 40.2. The van der Waals surface area contributed by atoms with Gasteiger partial charge in [-0.2, -0.15) is 20.2 Å². The van der Waals surface area contributed by atoms with Gasteiger partial charge in [-0.3, -0.25) is 4.90 Å². The Morgan fingerprint density at radius 2 is 1.70 bits per heavy atom. The summed E-state index contributed by atoms with van der Waals surface area (Å²) in [4.78, 5) is 53.8. The molecule has 2 aromatic heterocycles. The maximum Gasteiger partial charge on any atom is 0.410 e. The zero-order chi connectivity index (χ0) is 40.5. The van der Waals surface area contributed by atoms with Crippen molar-refractivity contribution in [2.45, 2.75) is 51.8 Å². The number of piperazine rings is 1. The van der Waals surface area contributed by atoms with E-state index >= 15 is 0 Å². The van der Waals surface area contributed by atoms with Gasteiger partial charge in [0, 0.05) is 70.9 Å². The highest BCUT2D eigenvalue weighted by molar-refractivity contribution is 5.79. The molecule has 5 aromatic rings. The Labute approximate surface area is 332 Å². The molecule has 0 spiro atoms. The van der Waals surface area contributed by atoms with Gasteiger partial charge in [0.15, 0.2) is 0 Å². The number of likely N-dealkylation sites (N-methyl/N-ethyl adjacent to an activating group) is 1. The highest BCUT2D eigenvalue weighted by atomic mass is 16.6. The van der Waals surface area contributed by atoms with E-state index in [9.17, 15) is 14.9 Å². The molecule has 3 N–H and O–H groups in total. The third kappa shape index (κ3) is 11.1. The van der Waals surface area contributed by atoms with Crippen LogP contribution in [0.2, 0.25) is 0 Å². The Morgan fingerprint density at radius 1 is 0.947 bits per heavy atom. The number of hydrogen-bond donors (Lipinski definition) is 3. The molecule has 1 saturated heterocycles. The molecule has 1 aliphatic rings. The number of anilines is 4. The van der Waals surface area contributed by atoms with Gasteiger partial charge >= 0.3 is 12.1 Å². The first-order valence-corrected chi connectivity index (χ1v) is 18.8. The highest BCUT2D eigenvalue weighted by Gasteiger charge is 2.26. The molecule has 0 saturated carbocycles. The summed E-state index contributed by atoms with van der Waals surface area (Å²) in [5.74, 6) is 1.86. The number of aromatic amines is 1. The smallest absolute Gasteiger partial charge is 0.410 e. The molecule has 1 amide bonds. The van der Waals surface area contributed by atoms with E-state index in [1.165, 1.54) is 7.11 Å². The molecule has 6 rings (SSSR count). The highest BCUT2D eigenvalue weighted by Crippen LogP contribution is 2.23. The van der Waals surface area contributed by atoms with Gasteiger partial charge in [-0.05, 0) is 68.3 Å². The summed E-state index contributed by atoms with van der Waals surface area (Å²) in [5.41, 5.74) is 4.38. The summed E-state index contributed by atoms with van der Waals surface area (Å²) in [6, 6.07) is 22.0. The molecule has 16 heteroatoms. The second-order valence-corrected chi connectivity index (χ2v) is 14.8. The number of ether oxygens (including phenoxy) is 3. The average molecular weight is 776 g/mol. The summed E-state index contributed by atoms with van der Waals surface area (Å²) in [6.45, 7) is 9.45. The van der Waals surface area contributed by atoms with E-state index in [1.54, 1.807) is 36.3 Å². The fourth-order valence-electron chi connectivity index (χ4n) is 6.31. The van der Waals surface area contributed by atoms with E-state index in [2.05, 4.69) is 37.6 Å². The Morgan fingerprint density at radius 3 is 2.40 bits per heavy atom. The largest absolute Gasteiger partial charge is 0.497 e. The number of fused-ring (bicyclic) bond motifs is 1. The zero-order valence-electron chi connectivity index (χ0n) is 33.2. The van der Waals surface area contributed by atoms with Crippen molar-refractivity contribution in [1.29, 1.82) is 5.26 Å². The normalized spacial score (nSPS) is 13.7. The lowest BCUT2D eigenvalue weighted by Gasteiger charge is -2.35. The van der Waals surface area contributed by atoms with Crippen molar-refractivity contribution in [2.24, 2.45) is 0 Å². The van der Waals surface area contributed by atoms with Crippen LogP contribution in [0.3, 0.4) is 0 Å². The van der Waals surface area contributed by atoms with Crippen LogP contribution in [0.5, 0.6) is 5.75 Å². The molecular weight excluding hydrogens is 727 g/mol. The number of hydrogen-bond acceptors (Lipinski definition) is 14. The first-order valence-electron chi connectivity index (χ1n) is 18.8. The monoisotopic (exact) mass is 775 g/mol. The summed E-state index contributed by atoms with van der Waals surface area (Å²) in [7, 11) is 4.84. The van der Waals surface area contributed by atoms with Gasteiger partial charge in [-0.15, -0.1) is 0 Å². The summed E-state index contributed by atoms with van der Waals surface area (Å²) in [5, 5.41) is 15.8. The lowest BCUT2D eigenvalue weighted by molar-refractivity contribution is -0.141. The van der Waals surface area contributed by atoms with Crippen LogP contribution in [0, 0.1) is 11.3 Å². The number of esters is 1. The van der Waals surface area contributed by atoms with Crippen molar-refractivity contribution in [3.8, 4) is 11.8 Å². The van der Waals surface area contributed by atoms with Crippen LogP contribution >= 0.6 is 0 Å². The van der Waals surface area contributed by atoms with Gasteiger partial charge in [-0.1, -0.05) is 24.3 Å². The third-order valence-electron chi connectivity index (χ3n) is 9.31. The number of rotatable bonds is 14. The molecule has 0 aliphatic carbocycles. The minimum absolute atomic E-state index is 0.174. The van der Waals surface area contributed by atoms with Crippen LogP contribution in [0.4, 0.5) is 28.3 Å². The van der Waals surface area contributed by atoms with E-state index in [4.69, 9.17) is 29.2 Å². The number of H-pyrrole nitrogens is 1. The van der Waals surface area contributed by atoms with Gasteiger partial charge in [0.05, 0.1) is 36.9 Å². The Kier molecular flexibility index (Phi) is 12.7. The van der Waals surface area contributed by atoms with Crippen molar-refractivity contribution >= 4 is 46.6 Å². The quantitative estimate of drug-likeness (QED) is 0.123. The summed E-state index contributed by atoms with van der Waals surface area (Å²) < 4.78 is 16.1. The lowest BCUT2D eigenvalue weighted by atomic mass is 10.0. The topological polar surface area (TPSA) is 187 Å². The zero-order valence-corrected chi connectivity index (χ0v) is 33.2. The van der Waals surface area contributed by atoms with E-state index in [-0.39, 0.29) is 24.4 Å². The number of aromatic nitrogens is 5. The van der Waals surface area contributed by atoms with Crippen LogP contribution in [-0.2, 0) is 33.7 Å². The van der Waals surface area contributed by atoms with E-state index < -0.39 is 17.6 Å². The Hall–Kier alpha value is -6.47. The number of carbonyl (C=O) groups is 2. The minimum Gasteiger partial charge on any atom is -0.497 e. The van der Waals surface area contributed by atoms with Gasteiger partial charge in [0.25, 0.3) is 0 Å². The standard InChI is InChI=1S/C41H49N11O5/c1-41(2,3)57-40(54)52-20-18-51(19-21-52)26-29-8-7-9-30(22-29)43-37-47-38(46-34(36(53)56-6)23-27-10-12-28(25-42)13-11-27)49-39(48-37)50(4)17-16-35-44-32-15-14-31(55-5)24-33(32)45-35/h7-15,22,24,34H,16-21,23,26H2,1-6H3,(H,44,45)(H2,43,46,47,48,49)/t34-/m0/s1. The minimum atomic E-state index is -0.831. The molecule has 1 fully saturated rings. The molecule has 16 nitrogen and oxygen atoms in total. The number of imidazole rings is 1. The molecule has 57 heavy (non-hydrogen) atoms. The maximum atomic E-state index is 13.0. The first-order chi connectivity index (χ1) is 27.4. The number of nitriles is 1. The molecule has 1 aliphatic heterocycles. The van der Waals surface area contributed by atoms with Crippen molar-refractivity contribution in [3.05, 3.63) is 89.2 Å². The number of carbonyl (C=O) groups excluding carboxylic acids is 2. The second kappa shape index (κ2) is 18.0. The molecule has 3 aromatic carbocycles. The van der Waals surface area contributed by atoms with Gasteiger partial charge in [-0.25, -0.2) is 14.6 Å². The predicted octanol–water partition coefficient (Wildman–Crippen LogP) is 5.30. The number of methoxy groups -OCH3 is 2. The SMILES string of the molecule is COC(=O)[C@H](Cc1ccc(C#N)cc1)Nc1nc(Nc2cccc(CN3CCN(C(=O)OC(C)(C)C)CC3)c2)nc(N(C)CCc2nc3ccc(OC)cc3[nH]2)n1. The molecular formula is C41H49N11O5. The van der Waals surface area contributed by atoms with Crippen molar-refractivity contribution < 1.29 is 23.8 Å². The Bertz CT molecular complexity index is 2210. The summed E-state index contributed by atoms with van der Waals surface area (Å²) >= 11 is 0. The fraction of sp³-hybridized carbons (Fsp3) is 0.390. The van der Waals surface area contributed by atoms with Crippen molar-refractivity contribution in [1.82, 2.24) is 34.7 Å². The van der Waals surface area contributed by atoms with Crippen LogP contribution in [0.1, 0.15) is 43.3 Å². The van der Waals surface area contributed by atoms with Crippen molar-refractivity contribution in [2.75, 3.05) is 69.5 Å². The van der Waals surface area contributed by atoms with E-state index in [0.29, 0.717) is 44.1 Å². The van der Waals surface area contributed by atoms with Crippen LogP contribution < -0.4 is 20.3 Å². The average Bonchev–Trinajstić information content (AvgIpc) is 3.61. The van der Waals surface area contributed by atoms with Crippen LogP contribution in [-0.4, -0.2) is 112 Å². The third-order valence-corrected chi connectivity index (χ3v) is 9.31. The number of nitrogens with one attached hydrogen (secondary N) is 3. The van der Waals surface area contributed by atoms with Gasteiger partial charge < -0.3 is 39.6 Å². The Balaban J connectivity index is 1.20. The molecule has 0 bridgehead atoms. The molecule has 1 atom stereocenters. The molecule has 3 heterocycles. The number of benzene rings is 3. The summed E-state index contributed by atoms with van der Waals surface area (Å²) in [6.07, 6.45) is 0.554. The van der Waals surface area contributed by atoms with Crippen LogP contribution in [0.25, 0.3) is 11.0 Å². The maximum absolute atomic E-state index is 13.0. The molecule has 0 radical (unpaired) electrons. The second-order valence-electron chi connectivity index (χ2n) is 14.8. The van der Waals surface area contributed by atoms with E-state index in [1.807, 2.05) is 69.1 Å². The van der Waals surface area contributed by atoms with Gasteiger partial charge in [0.2, 0.25) is 17.8 Å².